The minimum Gasteiger partial charge on any atom is -0.382 e. The minimum atomic E-state index is -0.961. The molecule has 0 aliphatic rings. The first-order valence-electron chi connectivity index (χ1n) is 4.28. The summed E-state index contributed by atoms with van der Waals surface area (Å²) < 4.78 is 0. The van der Waals surface area contributed by atoms with Gasteiger partial charge in [0.1, 0.15) is 11.6 Å². The third-order valence-corrected chi connectivity index (χ3v) is 1.27. The fraction of sp³-hybridized carbons (Fsp3) is 0.333. The third-order valence-electron chi connectivity index (χ3n) is 1.27. The van der Waals surface area contributed by atoms with Gasteiger partial charge < -0.3 is 4.90 Å². The summed E-state index contributed by atoms with van der Waals surface area (Å²) in [4.78, 5) is 34.2. The van der Waals surface area contributed by atoms with Crippen molar-refractivity contribution in [2.75, 3.05) is 14.1 Å². The molecule has 0 rings (SSSR count). The molecule has 7 heteroatoms. The van der Waals surface area contributed by atoms with Crippen LogP contribution in [0, 0.1) is 11.3 Å². The van der Waals surface area contributed by atoms with Crippen molar-refractivity contribution in [3.8, 4) is 6.07 Å². The average molecular weight is 224 g/mol. The van der Waals surface area contributed by atoms with Crippen LogP contribution in [0.25, 0.3) is 0 Å². The molecule has 0 aromatic carbocycles. The molecule has 0 aliphatic heterocycles. The maximum absolute atomic E-state index is 11.3. The van der Waals surface area contributed by atoms with E-state index in [1.165, 1.54) is 11.1 Å². The maximum atomic E-state index is 11.3. The normalized spacial score (nSPS) is 10.0. The molecule has 0 heterocycles. The second-order valence-corrected chi connectivity index (χ2v) is 3.08. The van der Waals surface area contributed by atoms with Crippen molar-refractivity contribution in [3.05, 3.63) is 11.8 Å². The number of carbonyl (C=O) groups excluding carboxylic acids is 3. The summed E-state index contributed by atoms with van der Waals surface area (Å²) in [5.74, 6) is -1.46. The Kier molecular flexibility index (Phi) is 5.27. The summed E-state index contributed by atoms with van der Waals surface area (Å²) in [5, 5.41) is 12.3. The summed E-state index contributed by atoms with van der Waals surface area (Å²) in [7, 11) is 3.25. The van der Waals surface area contributed by atoms with Crippen LogP contribution in [0.4, 0.5) is 4.79 Å². The summed E-state index contributed by atoms with van der Waals surface area (Å²) in [5.41, 5.74) is -0.233. The van der Waals surface area contributed by atoms with E-state index in [2.05, 4.69) is 0 Å². The molecule has 0 spiro atoms. The van der Waals surface area contributed by atoms with E-state index >= 15 is 0 Å². The van der Waals surface area contributed by atoms with Gasteiger partial charge in [-0.05, 0) is 0 Å². The van der Waals surface area contributed by atoms with Crippen LogP contribution in [0.1, 0.15) is 6.92 Å². The van der Waals surface area contributed by atoms with Gasteiger partial charge in [0, 0.05) is 27.2 Å². The molecule has 86 valence electrons. The Morgan fingerprint density at radius 3 is 2.19 bits per heavy atom. The fourth-order valence-electron chi connectivity index (χ4n) is 0.758. The number of imide groups is 2. The Labute approximate surface area is 92.7 Å². The van der Waals surface area contributed by atoms with Crippen LogP contribution >= 0.6 is 0 Å². The lowest BCUT2D eigenvalue weighted by Gasteiger charge is -2.06. The summed E-state index contributed by atoms with van der Waals surface area (Å²) in [6.07, 6.45) is 1.26. The summed E-state index contributed by atoms with van der Waals surface area (Å²) in [6, 6.07) is 0.674. The number of urea groups is 1. The van der Waals surface area contributed by atoms with Crippen molar-refractivity contribution < 1.29 is 14.4 Å². The molecule has 0 unspecified atom stereocenters. The van der Waals surface area contributed by atoms with Crippen LogP contribution in [0.15, 0.2) is 11.8 Å². The van der Waals surface area contributed by atoms with E-state index in [9.17, 15) is 14.4 Å². The standard InChI is InChI=1S/C9H12N4O3/c1-6(14)11-9(16)12-8(15)7(4-10)5-13(2)3/h5H,1-3H3,(H2,11,12,14,15,16). The Morgan fingerprint density at radius 2 is 1.81 bits per heavy atom. The predicted molar refractivity (Wildman–Crippen MR) is 54.7 cm³/mol. The molecule has 4 amide bonds. The van der Waals surface area contributed by atoms with E-state index in [0.717, 1.165) is 6.92 Å². The number of nitriles is 1. The largest absolute Gasteiger partial charge is 0.382 e. The molecule has 0 radical (unpaired) electrons. The van der Waals surface area contributed by atoms with Crippen molar-refractivity contribution in [3.63, 3.8) is 0 Å². The Balaban J connectivity index is 4.52. The highest BCUT2D eigenvalue weighted by Gasteiger charge is 2.13. The molecule has 2 N–H and O–H groups in total. The molecule has 0 aliphatic carbocycles. The number of amides is 4. The van der Waals surface area contributed by atoms with Gasteiger partial charge in [0.05, 0.1) is 0 Å². The van der Waals surface area contributed by atoms with Gasteiger partial charge in [-0.25, -0.2) is 4.79 Å². The molecule has 7 nitrogen and oxygen atoms in total. The smallest absolute Gasteiger partial charge is 0.328 e. The van der Waals surface area contributed by atoms with E-state index in [1.54, 1.807) is 20.2 Å². The van der Waals surface area contributed by atoms with Crippen molar-refractivity contribution in [2.45, 2.75) is 6.92 Å². The van der Waals surface area contributed by atoms with E-state index in [4.69, 9.17) is 5.26 Å². The van der Waals surface area contributed by atoms with Crippen molar-refractivity contribution in [1.29, 1.82) is 5.26 Å². The fourth-order valence-corrected chi connectivity index (χ4v) is 0.758. The monoisotopic (exact) mass is 224 g/mol. The van der Waals surface area contributed by atoms with Crippen LogP contribution in [-0.2, 0) is 9.59 Å². The van der Waals surface area contributed by atoms with Gasteiger partial charge in [-0.3, -0.25) is 20.2 Å². The van der Waals surface area contributed by atoms with Crippen molar-refractivity contribution >= 4 is 17.8 Å². The van der Waals surface area contributed by atoms with Gasteiger partial charge in [-0.1, -0.05) is 0 Å². The first-order chi connectivity index (χ1) is 7.36. The van der Waals surface area contributed by atoms with E-state index in [0.29, 0.717) is 0 Å². The Hall–Kier alpha value is -2.36. The Bertz CT molecular complexity index is 379. The lowest BCUT2D eigenvalue weighted by atomic mass is 10.3. The number of nitrogens with one attached hydrogen (secondary N) is 2. The van der Waals surface area contributed by atoms with Gasteiger partial charge in [-0.15, -0.1) is 0 Å². The van der Waals surface area contributed by atoms with Crippen LogP contribution in [0.3, 0.4) is 0 Å². The molecule has 16 heavy (non-hydrogen) atoms. The first-order valence-corrected chi connectivity index (χ1v) is 4.28. The maximum Gasteiger partial charge on any atom is 0.328 e. The van der Waals surface area contributed by atoms with Crippen LogP contribution < -0.4 is 10.6 Å². The zero-order valence-corrected chi connectivity index (χ0v) is 9.20. The van der Waals surface area contributed by atoms with Crippen LogP contribution in [0.2, 0.25) is 0 Å². The number of hydrogen-bond acceptors (Lipinski definition) is 5. The molecule has 0 atom stereocenters. The molecular formula is C9H12N4O3. The van der Waals surface area contributed by atoms with E-state index in [1.807, 2.05) is 10.6 Å². The molecule has 0 saturated carbocycles. The minimum absolute atomic E-state index is 0.233. The molecule has 0 aromatic heterocycles. The second-order valence-electron chi connectivity index (χ2n) is 3.08. The van der Waals surface area contributed by atoms with Crippen LogP contribution in [0.5, 0.6) is 0 Å². The number of hydrogen-bond donors (Lipinski definition) is 2. The zero-order chi connectivity index (χ0) is 12.7. The number of carbonyl (C=O) groups is 3. The van der Waals surface area contributed by atoms with Crippen molar-refractivity contribution in [2.24, 2.45) is 0 Å². The van der Waals surface area contributed by atoms with Gasteiger partial charge >= 0.3 is 6.03 Å². The highest BCUT2D eigenvalue weighted by atomic mass is 16.2. The summed E-state index contributed by atoms with van der Waals surface area (Å²) >= 11 is 0. The number of rotatable bonds is 2. The quantitative estimate of drug-likeness (QED) is 0.478. The molecule has 0 fully saturated rings. The Morgan fingerprint density at radius 1 is 1.25 bits per heavy atom. The SMILES string of the molecule is CC(=O)NC(=O)NC(=O)C(C#N)=CN(C)C. The molecule has 0 bridgehead atoms. The van der Waals surface area contributed by atoms with Gasteiger partial charge in [0.25, 0.3) is 5.91 Å². The van der Waals surface area contributed by atoms with E-state index in [-0.39, 0.29) is 5.57 Å². The van der Waals surface area contributed by atoms with Crippen molar-refractivity contribution in [1.82, 2.24) is 15.5 Å². The molecular weight excluding hydrogens is 212 g/mol. The molecule has 0 aromatic rings. The van der Waals surface area contributed by atoms with E-state index < -0.39 is 17.8 Å². The van der Waals surface area contributed by atoms with Crippen LogP contribution in [-0.4, -0.2) is 36.8 Å². The number of nitrogens with zero attached hydrogens (tertiary/aromatic N) is 2. The first kappa shape index (κ1) is 13.6. The van der Waals surface area contributed by atoms with Gasteiger partial charge in [-0.2, -0.15) is 5.26 Å². The third kappa shape index (κ3) is 5.39. The topological polar surface area (TPSA) is 102 Å². The highest BCUT2D eigenvalue weighted by Crippen LogP contribution is 1.93. The lowest BCUT2D eigenvalue weighted by molar-refractivity contribution is -0.118. The zero-order valence-electron chi connectivity index (χ0n) is 9.20. The predicted octanol–water partition coefficient (Wildman–Crippen LogP) is -0.672. The van der Waals surface area contributed by atoms with Gasteiger partial charge in [0.2, 0.25) is 5.91 Å². The van der Waals surface area contributed by atoms with Gasteiger partial charge in [0.15, 0.2) is 0 Å². The highest BCUT2D eigenvalue weighted by molar-refractivity contribution is 6.08. The second kappa shape index (κ2) is 6.19. The molecule has 0 saturated heterocycles. The lowest BCUT2D eigenvalue weighted by Crippen LogP contribution is -2.42. The summed E-state index contributed by atoms with van der Waals surface area (Å²) in [6.45, 7) is 1.13. The average Bonchev–Trinajstić information content (AvgIpc) is 2.11.